The van der Waals surface area contributed by atoms with Gasteiger partial charge in [-0.15, -0.1) is 0 Å². The Morgan fingerprint density at radius 3 is 2.66 bits per heavy atom. The summed E-state index contributed by atoms with van der Waals surface area (Å²) in [5.74, 6) is 0.110. The van der Waals surface area contributed by atoms with Gasteiger partial charge in [0.05, 0.1) is 18.7 Å². The Morgan fingerprint density at radius 1 is 1.21 bits per heavy atom. The van der Waals surface area contributed by atoms with Gasteiger partial charge in [0.2, 0.25) is 11.8 Å². The van der Waals surface area contributed by atoms with Crippen molar-refractivity contribution in [1.82, 2.24) is 5.43 Å². The van der Waals surface area contributed by atoms with Gasteiger partial charge in [0.15, 0.2) is 0 Å². The Labute approximate surface area is 171 Å². The van der Waals surface area contributed by atoms with E-state index in [4.69, 9.17) is 4.74 Å². The molecule has 0 aliphatic carbocycles. The summed E-state index contributed by atoms with van der Waals surface area (Å²) in [5, 5.41) is 4.03. The van der Waals surface area contributed by atoms with Gasteiger partial charge in [-0.1, -0.05) is 13.0 Å². The van der Waals surface area contributed by atoms with E-state index in [1.165, 1.54) is 5.56 Å². The van der Waals surface area contributed by atoms with E-state index in [9.17, 15) is 9.59 Å². The highest BCUT2D eigenvalue weighted by Crippen LogP contribution is 2.26. The molecule has 0 bridgehead atoms. The molecule has 0 unspecified atom stereocenters. The van der Waals surface area contributed by atoms with Crippen LogP contribution in [0.25, 0.3) is 0 Å². The summed E-state index contributed by atoms with van der Waals surface area (Å²) < 4.78 is 5.54. The molecule has 6 heteroatoms. The Bertz CT molecular complexity index is 906. The molecule has 1 aliphatic heterocycles. The number of hydrogen-bond acceptors (Lipinski definition) is 4. The molecule has 0 spiro atoms. The van der Waals surface area contributed by atoms with Crippen molar-refractivity contribution in [2.45, 2.75) is 33.6 Å². The third kappa shape index (κ3) is 5.22. The van der Waals surface area contributed by atoms with Crippen molar-refractivity contribution in [1.29, 1.82) is 0 Å². The normalized spacial score (nSPS) is 16.4. The van der Waals surface area contributed by atoms with Crippen molar-refractivity contribution in [3.8, 4) is 5.75 Å². The van der Waals surface area contributed by atoms with Crippen molar-refractivity contribution in [3.63, 3.8) is 0 Å². The third-order valence-electron chi connectivity index (χ3n) is 5.04. The topological polar surface area (TPSA) is 71.0 Å². The maximum Gasteiger partial charge on any atom is 0.245 e. The van der Waals surface area contributed by atoms with E-state index >= 15 is 0 Å². The highest BCUT2D eigenvalue weighted by Gasteiger charge is 2.35. The molecule has 1 aliphatic rings. The average Bonchev–Trinajstić information content (AvgIpc) is 3.11. The Morgan fingerprint density at radius 2 is 1.97 bits per heavy atom. The first-order valence-electron chi connectivity index (χ1n) is 9.91. The number of hydrogen-bond donors (Lipinski definition) is 1. The summed E-state index contributed by atoms with van der Waals surface area (Å²) in [5.41, 5.74) is 6.54. The number of amides is 2. The molecular formula is C23H27N3O3. The monoisotopic (exact) mass is 393 g/mol. The van der Waals surface area contributed by atoms with E-state index in [-0.39, 0.29) is 18.2 Å². The first-order valence-corrected chi connectivity index (χ1v) is 9.91. The third-order valence-corrected chi connectivity index (χ3v) is 5.04. The van der Waals surface area contributed by atoms with Gasteiger partial charge in [-0.25, -0.2) is 5.43 Å². The lowest BCUT2D eigenvalue weighted by atomic mass is 10.1. The second kappa shape index (κ2) is 9.37. The molecule has 2 amide bonds. The zero-order valence-electron chi connectivity index (χ0n) is 17.1. The second-order valence-electron chi connectivity index (χ2n) is 7.33. The zero-order chi connectivity index (χ0) is 20.8. The van der Waals surface area contributed by atoms with Gasteiger partial charge in [-0.05, 0) is 73.4 Å². The fourth-order valence-corrected chi connectivity index (χ4v) is 3.16. The molecule has 1 atom stereocenters. The van der Waals surface area contributed by atoms with Crippen molar-refractivity contribution in [2.24, 2.45) is 11.0 Å². The van der Waals surface area contributed by atoms with Gasteiger partial charge >= 0.3 is 0 Å². The second-order valence-corrected chi connectivity index (χ2v) is 7.33. The predicted octanol–water partition coefficient (Wildman–Crippen LogP) is 3.60. The first-order chi connectivity index (χ1) is 14.0. The number of rotatable bonds is 7. The Hall–Kier alpha value is -3.15. The van der Waals surface area contributed by atoms with Gasteiger partial charge < -0.3 is 9.64 Å². The summed E-state index contributed by atoms with van der Waals surface area (Å²) in [6, 6.07) is 13.4. The molecule has 2 aromatic rings. The van der Waals surface area contributed by atoms with E-state index in [1.807, 2.05) is 56.3 Å². The molecule has 0 aromatic heterocycles. The van der Waals surface area contributed by atoms with Crippen molar-refractivity contribution >= 4 is 23.7 Å². The summed E-state index contributed by atoms with van der Waals surface area (Å²) in [7, 11) is 0. The van der Waals surface area contributed by atoms with Crippen LogP contribution in [0, 0.1) is 19.8 Å². The maximum absolute atomic E-state index is 12.4. The highest BCUT2D eigenvalue weighted by molar-refractivity contribution is 6.00. The van der Waals surface area contributed by atoms with Gasteiger partial charge in [-0.3, -0.25) is 9.59 Å². The molecule has 1 fully saturated rings. The zero-order valence-corrected chi connectivity index (χ0v) is 17.1. The van der Waals surface area contributed by atoms with Crippen LogP contribution in [0.5, 0.6) is 5.75 Å². The minimum atomic E-state index is -0.411. The molecule has 1 heterocycles. The van der Waals surface area contributed by atoms with Crippen LogP contribution in [0.2, 0.25) is 0 Å². The van der Waals surface area contributed by atoms with Crippen LogP contribution < -0.4 is 15.1 Å². The molecule has 152 valence electrons. The van der Waals surface area contributed by atoms with Crippen LogP contribution in [0.4, 0.5) is 5.69 Å². The standard InChI is InChI=1S/C23H27N3O3/c1-4-11-29-21-9-6-18(7-10-21)14-24-25-23(28)19-13-22(27)26(15-19)20-8-5-16(2)17(3)12-20/h5-10,12,14,19H,4,11,13,15H2,1-3H3,(H,25,28)/b24-14-/t19-/m1/s1. The van der Waals surface area contributed by atoms with E-state index in [2.05, 4.69) is 17.5 Å². The SMILES string of the molecule is CCCOc1ccc(/C=N\NC(=O)[C@@H]2CC(=O)N(c3ccc(C)c(C)c3)C2)cc1. The van der Waals surface area contributed by atoms with Crippen molar-refractivity contribution in [2.75, 3.05) is 18.1 Å². The molecule has 2 aromatic carbocycles. The van der Waals surface area contributed by atoms with Gasteiger partial charge in [0.25, 0.3) is 0 Å². The largest absolute Gasteiger partial charge is 0.494 e. The van der Waals surface area contributed by atoms with E-state index in [1.54, 1.807) is 11.1 Å². The fourth-order valence-electron chi connectivity index (χ4n) is 3.16. The molecule has 0 saturated carbocycles. The lowest BCUT2D eigenvalue weighted by Crippen LogP contribution is -2.30. The van der Waals surface area contributed by atoms with Gasteiger partial charge in [-0.2, -0.15) is 5.10 Å². The van der Waals surface area contributed by atoms with Crippen LogP contribution in [0.15, 0.2) is 47.6 Å². The number of nitrogens with zero attached hydrogens (tertiary/aromatic N) is 2. The Kier molecular flexibility index (Phi) is 6.65. The molecule has 1 N–H and O–H groups in total. The summed E-state index contributed by atoms with van der Waals surface area (Å²) in [6.45, 7) is 7.16. The lowest BCUT2D eigenvalue weighted by Gasteiger charge is -2.17. The van der Waals surface area contributed by atoms with E-state index < -0.39 is 5.92 Å². The van der Waals surface area contributed by atoms with Gasteiger partial charge in [0.1, 0.15) is 5.75 Å². The number of carbonyl (C=O) groups excluding carboxylic acids is 2. The molecule has 6 nitrogen and oxygen atoms in total. The number of carbonyl (C=O) groups is 2. The van der Waals surface area contributed by atoms with E-state index in [0.29, 0.717) is 13.2 Å². The number of benzene rings is 2. The van der Waals surface area contributed by atoms with Crippen LogP contribution in [0.1, 0.15) is 36.5 Å². The highest BCUT2D eigenvalue weighted by atomic mass is 16.5. The summed E-state index contributed by atoms with van der Waals surface area (Å²) in [4.78, 5) is 26.5. The van der Waals surface area contributed by atoms with Crippen molar-refractivity contribution < 1.29 is 14.3 Å². The summed E-state index contributed by atoms with van der Waals surface area (Å²) in [6.07, 6.45) is 2.73. The molecule has 3 rings (SSSR count). The fraction of sp³-hybridized carbons (Fsp3) is 0.348. The minimum Gasteiger partial charge on any atom is -0.494 e. The van der Waals surface area contributed by atoms with Crippen LogP contribution in [-0.4, -0.2) is 31.2 Å². The molecule has 1 saturated heterocycles. The molecule has 29 heavy (non-hydrogen) atoms. The van der Waals surface area contributed by atoms with Crippen LogP contribution in [-0.2, 0) is 9.59 Å². The average molecular weight is 393 g/mol. The van der Waals surface area contributed by atoms with Crippen molar-refractivity contribution in [3.05, 3.63) is 59.2 Å². The number of anilines is 1. The smallest absolute Gasteiger partial charge is 0.245 e. The van der Waals surface area contributed by atoms with E-state index in [0.717, 1.165) is 29.0 Å². The first kappa shape index (κ1) is 20.6. The Balaban J connectivity index is 1.55. The molecular weight excluding hydrogens is 366 g/mol. The lowest BCUT2D eigenvalue weighted by molar-refractivity contribution is -0.126. The maximum atomic E-state index is 12.4. The number of ether oxygens (including phenoxy) is 1. The number of hydrazone groups is 1. The van der Waals surface area contributed by atoms with Gasteiger partial charge in [0, 0.05) is 18.7 Å². The van der Waals surface area contributed by atoms with Crippen LogP contribution >= 0.6 is 0 Å². The molecule has 0 radical (unpaired) electrons. The minimum absolute atomic E-state index is 0.0416. The summed E-state index contributed by atoms with van der Waals surface area (Å²) >= 11 is 0. The quantitative estimate of drug-likeness (QED) is 0.577. The predicted molar refractivity (Wildman–Crippen MR) is 114 cm³/mol. The number of nitrogens with one attached hydrogen (secondary N) is 1. The van der Waals surface area contributed by atoms with Crippen LogP contribution in [0.3, 0.4) is 0 Å². The number of aryl methyl sites for hydroxylation is 2.